The van der Waals surface area contributed by atoms with Crippen molar-refractivity contribution in [3.63, 3.8) is 0 Å². The fourth-order valence-electron chi connectivity index (χ4n) is 1.69. The molecule has 16 heavy (non-hydrogen) atoms. The van der Waals surface area contributed by atoms with E-state index in [0.29, 0.717) is 0 Å². The van der Waals surface area contributed by atoms with Gasteiger partial charge in [0, 0.05) is 31.6 Å². The molecular weight excluding hydrogens is 222 g/mol. The Bertz CT molecular complexity index is 350. The predicted molar refractivity (Wildman–Crippen MR) is 67.1 cm³/mol. The summed E-state index contributed by atoms with van der Waals surface area (Å²) >= 11 is 1.62. The Morgan fingerprint density at radius 2 is 1.94 bits per heavy atom. The van der Waals surface area contributed by atoms with Crippen molar-refractivity contribution in [2.75, 3.05) is 38.1 Å². The largest absolute Gasteiger partial charge is 0.384 e. The monoisotopic (exact) mass is 241 g/mol. The first-order valence-electron chi connectivity index (χ1n) is 5.59. The second-order valence-corrected chi connectivity index (χ2v) is 5.70. The van der Waals surface area contributed by atoms with E-state index in [1.165, 1.54) is 0 Å². The zero-order valence-corrected chi connectivity index (χ0v) is 10.9. The highest BCUT2D eigenvalue weighted by molar-refractivity contribution is 7.13. The van der Waals surface area contributed by atoms with E-state index in [2.05, 4.69) is 21.8 Å². The van der Waals surface area contributed by atoms with Gasteiger partial charge in [-0.3, -0.25) is 0 Å². The van der Waals surface area contributed by atoms with Crippen LogP contribution in [0.3, 0.4) is 0 Å². The van der Waals surface area contributed by atoms with Crippen molar-refractivity contribution in [3.05, 3.63) is 11.1 Å². The zero-order chi connectivity index (χ0) is 11.8. The number of rotatable bonds is 2. The van der Waals surface area contributed by atoms with Crippen LogP contribution in [0.2, 0.25) is 0 Å². The highest BCUT2D eigenvalue weighted by atomic mass is 32.1. The number of aromatic nitrogens is 1. The van der Waals surface area contributed by atoms with Gasteiger partial charge in [0.2, 0.25) is 0 Å². The van der Waals surface area contributed by atoms with Crippen molar-refractivity contribution in [1.82, 2.24) is 9.88 Å². The Morgan fingerprint density at radius 1 is 1.31 bits per heavy atom. The molecule has 1 N–H and O–H groups in total. The van der Waals surface area contributed by atoms with Crippen LogP contribution >= 0.6 is 11.3 Å². The molecule has 1 aromatic heterocycles. The third kappa shape index (κ3) is 2.53. The van der Waals surface area contributed by atoms with E-state index in [-0.39, 0.29) is 0 Å². The summed E-state index contributed by atoms with van der Waals surface area (Å²) in [6, 6.07) is 0. The van der Waals surface area contributed by atoms with Gasteiger partial charge >= 0.3 is 0 Å². The lowest BCUT2D eigenvalue weighted by atomic mass is 10.1. The average molecular weight is 241 g/mol. The van der Waals surface area contributed by atoms with Gasteiger partial charge in [0.1, 0.15) is 5.60 Å². The molecule has 0 bridgehead atoms. The van der Waals surface area contributed by atoms with Gasteiger partial charge in [-0.05, 0) is 20.9 Å². The Balaban J connectivity index is 2.08. The lowest BCUT2D eigenvalue weighted by molar-refractivity contribution is 0.0745. The van der Waals surface area contributed by atoms with E-state index < -0.39 is 5.60 Å². The fraction of sp³-hybridized carbons (Fsp3) is 0.727. The van der Waals surface area contributed by atoms with Crippen molar-refractivity contribution >= 4 is 16.5 Å². The SMILES string of the molecule is CN1CCN(c2nc(C(C)(C)O)cs2)CC1. The number of hydrogen-bond acceptors (Lipinski definition) is 5. The van der Waals surface area contributed by atoms with Gasteiger partial charge in [0.05, 0.1) is 5.69 Å². The quantitative estimate of drug-likeness (QED) is 0.842. The van der Waals surface area contributed by atoms with Gasteiger partial charge in [0.25, 0.3) is 0 Å². The third-order valence-electron chi connectivity index (χ3n) is 2.89. The summed E-state index contributed by atoms with van der Waals surface area (Å²) in [5.41, 5.74) is -0.0622. The Labute approximate surface area is 101 Å². The molecule has 2 heterocycles. The van der Waals surface area contributed by atoms with Crippen molar-refractivity contribution < 1.29 is 5.11 Å². The summed E-state index contributed by atoms with van der Waals surface area (Å²) in [6.45, 7) is 7.76. The smallest absolute Gasteiger partial charge is 0.185 e. The summed E-state index contributed by atoms with van der Waals surface area (Å²) in [5, 5.41) is 12.8. The van der Waals surface area contributed by atoms with Crippen LogP contribution in [0.4, 0.5) is 5.13 Å². The van der Waals surface area contributed by atoms with Crippen molar-refractivity contribution in [3.8, 4) is 0 Å². The van der Waals surface area contributed by atoms with Crippen LogP contribution in [0, 0.1) is 0 Å². The molecule has 0 amide bonds. The van der Waals surface area contributed by atoms with Gasteiger partial charge in [-0.15, -0.1) is 11.3 Å². The Kier molecular flexibility index (Phi) is 3.19. The topological polar surface area (TPSA) is 39.6 Å². The minimum Gasteiger partial charge on any atom is -0.384 e. The second kappa shape index (κ2) is 4.31. The number of aliphatic hydroxyl groups is 1. The van der Waals surface area contributed by atoms with Crippen LogP contribution in [-0.4, -0.2) is 48.2 Å². The van der Waals surface area contributed by atoms with Crippen LogP contribution < -0.4 is 4.90 Å². The van der Waals surface area contributed by atoms with Gasteiger partial charge < -0.3 is 14.9 Å². The maximum absolute atomic E-state index is 9.86. The molecule has 0 radical (unpaired) electrons. The highest BCUT2D eigenvalue weighted by Crippen LogP contribution is 2.27. The lowest BCUT2D eigenvalue weighted by Crippen LogP contribution is -2.44. The second-order valence-electron chi connectivity index (χ2n) is 4.86. The molecule has 0 saturated carbocycles. The first-order chi connectivity index (χ1) is 7.47. The third-order valence-corrected chi connectivity index (χ3v) is 3.79. The maximum atomic E-state index is 9.86. The normalized spacial score (nSPS) is 19.1. The van der Waals surface area contributed by atoms with E-state index >= 15 is 0 Å². The molecule has 0 aliphatic carbocycles. The number of anilines is 1. The van der Waals surface area contributed by atoms with Crippen LogP contribution in [0.5, 0.6) is 0 Å². The van der Waals surface area contributed by atoms with Crippen LogP contribution in [0.25, 0.3) is 0 Å². The summed E-state index contributed by atoms with van der Waals surface area (Å²) < 4.78 is 0. The minimum atomic E-state index is -0.832. The Morgan fingerprint density at radius 3 is 2.44 bits per heavy atom. The minimum absolute atomic E-state index is 0.770. The molecule has 0 unspecified atom stereocenters. The molecule has 0 aromatic carbocycles. The maximum Gasteiger partial charge on any atom is 0.185 e. The zero-order valence-electron chi connectivity index (χ0n) is 10.1. The summed E-state index contributed by atoms with van der Waals surface area (Å²) in [4.78, 5) is 9.12. The average Bonchev–Trinajstić information content (AvgIpc) is 2.67. The summed E-state index contributed by atoms with van der Waals surface area (Å²) in [7, 11) is 2.14. The number of thiazole rings is 1. The van der Waals surface area contributed by atoms with E-state index in [9.17, 15) is 5.11 Å². The standard InChI is InChI=1S/C11H19N3OS/c1-11(2,15)9-8-16-10(12-9)14-6-4-13(3)5-7-14/h8,15H,4-7H2,1-3H3. The lowest BCUT2D eigenvalue weighted by Gasteiger charge is -2.32. The van der Waals surface area contributed by atoms with Crippen molar-refractivity contribution in [2.45, 2.75) is 19.4 Å². The number of likely N-dealkylation sites (N-methyl/N-ethyl adjacent to an activating group) is 1. The molecule has 0 spiro atoms. The fourth-order valence-corrected chi connectivity index (χ4v) is 2.73. The van der Waals surface area contributed by atoms with Crippen LogP contribution in [-0.2, 0) is 5.60 Å². The number of hydrogen-bond donors (Lipinski definition) is 1. The van der Waals surface area contributed by atoms with Crippen LogP contribution in [0.1, 0.15) is 19.5 Å². The predicted octanol–water partition coefficient (Wildman–Crippen LogP) is 1.12. The molecule has 5 heteroatoms. The van der Waals surface area contributed by atoms with Crippen molar-refractivity contribution in [1.29, 1.82) is 0 Å². The van der Waals surface area contributed by atoms with Gasteiger partial charge in [-0.2, -0.15) is 0 Å². The molecule has 2 rings (SSSR count). The molecule has 4 nitrogen and oxygen atoms in total. The first kappa shape index (κ1) is 11.8. The van der Waals surface area contributed by atoms with Gasteiger partial charge in [0.15, 0.2) is 5.13 Å². The molecular formula is C11H19N3OS. The molecule has 1 aliphatic rings. The summed E-state index contributed by atoms with van der Waals surface area (Å²) in [5.74, 6) is 0. The molecule has 1 aliphatic heterocycles. The van der Waals surface area contributed by atoms with Crippen LogP contribution in [0.15, 0.2) is 5.38 Å². The first-order valence-corrected chi connectivity index (χ1v) is 6.46. The van der Waals surface area contributed by atoms with E-state index in [4.69, 9.17) is 0 Å². The van der Waals surface area contributed by atoms with Gasteiger partial charge in [-0.1, -0.05) is 0 Å². The number of piperazine rings is 1. The highest BCUT2D eigenvalue weighted by Gasteiger charge is 2.22. The molecule has 0 atom stereocenters. The van der Waals surface area contributed by atoms with E-state index in [1.807, 2.05) is 5.38 Å². The molecule has 1 fully saturated rings. The van der Waals surface area contributed by atoms with Crippen molar-refractivity contribution in [2.24, 2.45) is 0 Å². The summed E-state index contributed by atoms with van der Waals surface area (Å²) in [6.07, 6.45) is 0. The molecule has 1 aromatic rings. The van der Waals surface area contributed by atoms with Gasteiger partial charge in [-0.25, -0.2) is 4.98 Å². The number of nitrogens with zero attached hydrogens (tertiary/aromatic N) is 3. The van der Waals surface area contributed by atoms with E-state index in [1.54, 1.807) is 25.2 Å². The molecule has 1 saturated heterocycles. The Hall–Kier alpha value is -0.650. The molecule has 90 valence electrons. The van der Waals surface area contributed by atoms with E-state index in [0.717, 1.165) is 37.0 Å².